The number of fused-ring (bicyclic) bond motifs is 1. The maximum absolute atomic E-state index is 13.0. The number of amidine groups is 2. The van der Waals surface area contributed by atoms with E-state index in [1.54, 1.807) is 7.05 Å². The number of aliphatic imine (C=N–C) groups is 1. The lowest BCUT2D eigenvalue weighted by atomic mass is 10.1. The number of urea groups is 1. The topological polar surface area (TPSA) is 62.5 Å². The Morgan fingerprint density at radius 3 is 2.47 bits per heavy atom. The Balaban J connectivity index is 1.65. The fraction of sp³-hybridized carbons (Fsp3) is 0.524. The zero-order chi connectivity index (χ0) is 21.4. The van der Waals surface area contributed by atoms with Crippen LogP contribution in [0, 0.1) is 0 Å². The summed E-state index contributed by atoms with van der Waals surface area (Å²) in [6.07, 6.45) is 0. The number of carbonyl (C=O) groups is 2. The summed E-state index contributed by atoms with van der Waals surface area (Å²) in [5, 5.41) is 0.657. The molecule has 0 N–H and O–H groups in total. The molecule has 0 bridgehead atoms. The molecule has 3 aliphatic heterocycles. The van der Waals surface area contributed by atoms with Crippen LogP contribution in [0.2, 0.25) is 5.02 Å². The predicted molar refractivity (Wildman–Crippen MR) is 116 cm³/mol. The number of hydrogen-bond donors (Lipinski definition) is 0. The van der Waals surface area contributed by atoms with Gasteiger partial charge in [-0.1, -0.05) is 30.7 Å². The maximum Gasteiger partial charge on any atom is 0.333 e. The number of hydrogen-bond acceptors (Lipinski definition) is 5. The molecule has 2 saturated heterocycles. The van der Waals surface area contributed by atoms with Crippen LogP contribution in [0.15, 0.2) is 29.3 Å². The van der Waals surface area contributed by atoms with Gasteiger partial charge < -0.3 is 4.90 Å². The molecule has 30 heavy (non-hydrogen) atoms. The van der Waals surface area contributed by atoms with Crippen LogP contribution in [0.3, 0.4) is 0 Å². The summed E-state index contributed by atoms with van der Waals surface area (Å²) in [4.78, 5) is 37.7. The highest BCUT2D eigenvalue weighted by Crippen LogP contribution is 2.22. The minimum atomic E-state index is -0.594. The Morgan fingerprint density at radius 2 is 1.80 bits per heavy atom. The number of piperazine rings is 1. The van der Waals surface area contributed by atoms with E-state index < -0.39 is 6.04 Å². The van der Waals surface area contributed by atoms with Crippen LogP contribution >= 0.6 is 11.6 Å². The Kier molecular flexibility index (Phi) is 5.90. The van der Waals surface area contributed by atoms with E-state index in [2.05, 4.69) is 16.7 Å². The van der Waals surface area contributed by atoms with Crippen LogP contribution in [0.1, 0.15) is 12.5 Å². The van der Waals surface area contributed by atoms with Gasteiger partial charge in [-0.05, 0) is 29.2 Å². The molecule has 1 atom stereocenters. The molecular weight excluding hydrogens is 404 g/mol. The molecule has 0 radical (unpaired) electrons. The Bertz CT molecular complexity index is 922. The van der Waals surface area contributed by atoms with Crippen molar-refractivity contribution in [3.8, 4) is 0 Å². The first-order valence-electron chi connectivity index (χ1n) is 10.3. The van der Waals surface area contributed by atoms with Crippen molar-refractivity contribution in [3.05, 3.63) is 34.9 Å². The second-order valence-corrected chi connectivity index (χ2v) is 8.43. The highest BCUT2D eigenvalue weighted by atomic mass is 35.5. The number of carbonyl (C=O) groups excluding carboxylic acids is 2. The standard InChI is InChI=1S/C21H28ClN6O2/c1-4-26-8-10-27(11-9-26)14-17-23-19-18(20(29)25(3)21(30)24(19)2)28(17)13-15-6-5-7-16(22)12-15/h5-7,12,18H,4,8-11,13-14H2,1-3H3/q+1. The summed E-state index contributed by atoms with van der Waals surface area (Å²) in [5.74, 6) is 1.08. The van der Waals surface area contributed by atoms with Crippen molar-refractivity contribution >= 4 is 35.2 Å². The molecule has 2 fully saturated rings. The quantitative estimate of drug-likeness (QED) is 0.657. The average molecular weight is 432 g/mol. The monoisotopic (exact) mass is 431 g/mol. The summed E-state index contributed by atoms with van der Waals surface area (Å²) in [6, 6.07) is 6.69. The Morgan fingerprint density at radius 1 is 1.10 bits per heavy atom. The lowest BCUT2D eigenvalue weighted by molar-refractivity contribution is -0.552. The van der Waals surface area contributed by atoms with E-state index >= 15 is 0 Å². The zero-order valence-electron chi connectivity index (χ0n) is 17.7. The Hall–Kier alpha value is -2.29. The third kappa shape index (κ3) is 3.87. The number of nitrogens with zero attached hydrogens (tertiary/aromatic N) is 6. The molecule has 3 aliphatic rings. The second kappa shape index (κ2) is 8.45. The number of benzene rings is 1. The van der Waals surface area contributed by atoms with Crippen molar-refractivity contribution in [2.45, 2.75) is 19.5 Å². The number of rotatable bonds is 5. The molecule has 160 valence electrons. The minimum absolute atomic E-state index is 0.246. The van der Waals surface area contributed by atoms with Gasteiger partial charge in [0.25, 0.3) is 17.8 Å². The largest absolute Gasteiger partial charge is 0.333 e. The van der Waals surface area contributed by atoms with E-state index in [1.165, 1.54) is 16.8 Å². The predicted octanol–water partition coefficient (Wildman–Crippen LogP) is 1.19. The molecule has 0 aromatic heterocycles. The molecule has 1 aromatic carbocycles. The van der Waals surface area contributed by atoms with Gasteiger partial charge in [-0.15, -0.1) is 0 Å². The number of amides is 3. The summed E-state index contributed by atoms with van der Waals surface area (Å²) < 4.78 is 2.02. The van der Waals surface area contributed by atoms with Crippen LogP contribution in [-0.4, -0.2) is 107 Å². The number of likely N-dealkylation sites (N-methyl/N-ethyl adjacent to an activating group) is 3. The lowest BCUT2D eigenvalue weighted by Crippen LogP contribution is -2.61. The SMILES string of the molecule is CCN1CCN(CC2=[N+](Cc3cccc(Cl)c3)C3C(=O)N(C)C(=O)N(C)C3=N2)CC1. The van der Waals surface area contributed by atoms with Gasteiger partial charge in [0.1, 0.15) is 13.1 Å². The second-order valence-electron chi connectivity index (χ2n) is 8.00. The van der Waals surface area contributed by atoms with Gasteiger partial charge in [0.2, 0.25) is 0 Å². The first-order chi connectivity index (χ1) is 14.4. The van der Waals surface area contributed by atoms with Crippen molar-refractivity contribution in [3.63, 3.8) is 0 Å². The maximum atomic E-state index is 13.0. The van der Waals surface area contributed by atoms with E-state index in [1.807, 2.05) is 28.8 Å². The third-order valence-corrected chi connectivity index (χ3v) is 6.37. The molecule has 4 rings (SSSR count). The summed E-state index contributed by atoms with van der Waals surface area (Å²) in [5.41, 5.74) is 1.00. The minimum Gasteiger partial charge on any atom is -0.301 e. The summed E-state index contributed by atoms with van der Waals surface area (Å²) in [7, 11) is 3.20. The van der Waals surface area contributed by atoms with Crippen molar-refractivity contribution in [1.29, 1.82) is 0 Å². The fourth-order valence-corrected chi connectivity index (χ4v) is 4.47. The molecule has 0 saturated carbocycles. The van der Waals surface area contributed by atoms with Gasteiger partial charge in [-0.3, -0.25) is 19.5 Å². The number of imide groups is 1. The molecule has 3 amide bonds. The van der Waals surface area contributed by atoms with E-state index in [9.17, 15) is 9.59 Å². The van der Waals surface area contributed by atoms with Crippen molar-refractivity contribution in [2.75, 3.05) is 53.4 Å². The molecule has 1 aromatic rings. The van der Waals surface area contributed by atoms with E-state index in [-0.39, 0.29) is 11.9 Å². The van der Waals surface area contributed by atoms with Gasteiger partial charge in [-0.25, -0.2) is 9.37 Å². The van der Waals surface area contributed by atoms with Crippen LogP contribution in [0.4, 0.5) is 4.79 Å². The normalized spacial score (nSPS) is 23.3. The van der Waals surface area contributed by atoms with Crippen molar-refractivity contribution in [2.24, 2.45) is 4.99 Å². The first kappa shape index (κ1) is 21.0. The van der Waals surface area contributed by atoms with Crippen LogP contribution < -0.4 is 0 Å². The van der Waals surface area contributed by atoms with Gasteiger partial charge >= 0.3 is 11.9 Å². The summed E-state index contributed by atoms with van der Waals surface area (Å²) in [6.45, 7) is 8.36. The Labute approximate surface area is 182 Å². The summed E-state index contributed by atoms with van der Waals surface area (Å²) >= 11 is 6.19. The van der Waals surface area contributed by atoms with E-state index in [0.29, 0.717) is 23.9 Å². The highest BCUT2D eigenvalue weighted by molar-refractivity contribution is 6.30. The van der Waals surface area contributed by atoms with Crippen LogP contribution in [0.25, 0.3) is 0 Å². The molecule has 1 unspecified atom stereocenters. The van der Waals surface area contributed by atoms with Gasteiger partial charge in [0.05, 0.1) is 0 Å². The fourth-order valence-electron chi connectivity index (χ4n) is 4.25. The molecule has 9 heteroatoms. The van der Waals surface area contributed by atoms with Crippen LogP contribution in [-0.2, 0) is 11.3 Å². The molecule has 8 nitrogen and oxygen atoms in total. The molecule has 0 spiro atoms. The van der Waals surface area contributed by atoms with E-state index in [4.69, 9.17) is 16.6 Å². The zero-order valence-corrected chi connectivity index (χ0v) is 18.5. The van der Waals surface area contributed by atoms with Gasteiger partial charge in [0, 0.05) is 45.3 Å². The van der Waals surface area contributed by atoms with Crippen molar-refractivity contribution < 1.29 is 14.2 Å². The third-order valence-electron chi connectivity index (χ3n) is 6.13. The molecule has 0 aliphatic carbocycles. The first-order valence-corrected chi connectivity index (χ1v) is 10.7. The lowest BCUT2D eigenvalue weighted by Gasteiger charge is -2.33. The molecular formula is C21H28ClN6O2+. The molecule has 3 heterocycles. The number of halogens is 1. The van der Waals surface area contributed by atoms with E-state index in [0.717, 1.165) is 44.1 Å². The highest BCUT2D eigenvalue weighted by Gasteiger charge is 2.53. The smallest absolute Gasteiger partial charge is 0.301 e. The van der Waals surface area contributed by atoms with Gasteiger partial charge in [0.15, 0.2) is 0 Å². The average Bonchev–Trinajstić information content (AvgIpc) is 3.09. The van der Waals surface area contributed by atoms with Crippen molar-refractivity contribution in [1.82, 2.24) is 19.6 Å². The van der Waals surface area contributed by atoms with Gasteiger partial charge in [-0.2, -0.15) is 0 Å². The van der Waals surface area contributed by atoms with Crippen LogP contribution in [0.5, 0.6) is 0 Å².